The van der Waals surface area contributed by atoms with Gasteiger partial charge in [0.25, 0.3) is 5.91 Å². The van der Waals surface area contributed by atoms with E-state index in [0.29, 0.717) is 5.56 Å². The number of nitrogens with zero attached hydrogens (tertiary/aromatic N) is 2. The van der Waals surface area contributed by atoms with Gasteiger partial charge in [-0.3, -0.25) is 14.5 Å². The van der Waals surface area contributed by atoms with Crippen molar-refractivity contribution in [2.45, 2.75) is 37.1 Å². The zero-order chi connectivity index (χ0) is 22.5. The molecule has 1 N–H and O–H groups in total. The Bertz CT molecular complexity index is 1220. The van der Waals surface area contributed by atoms with E-state index in [4.69, 9.17) is 0 Å². The number of hydrogen-bond donors (Lipinski definition) is 1. The number of alkyl halides is 2. The van der Waals surface area contributed by atoms with Crippen LogP contribution in [0.4, 0.5) is 13.6 Å². The van der Waals surface area contributed by atoms with Crippen LogP contribution in [0, 0.1) is 0 Å². The molecule has 1 aromatic heterocycles. The van der Waals surface area contributed by atoms with Gasteiger partial charge in [-0.2, -0.15) is 0 Å². The van der Waals surface area contributed by atoms with Crippen molar-refractivity contribution in [2.75, 3.05) is 6.54 Å². The molecule has 6 nitrogen and oxygen atoms in total. The van der Waals surface area contributed by atoms with Gasteiger partial charge < -0.3 is 9.88 Å². The van der Waals surface area contributed by atoms with Gasteiger partial charge in [0.1, 0.15) is 5.54 Å². The summed E-state index contributed by atoms with van der Waals surface area (Å²) < 4.78 is 29.0. The zero-order valence-electron chi connectivity index (χ0n) is 17.2. The SMILES string of the molecule is O=C(CN1C(=O)NC2(CCC(F)(F)CC2)C1=O)c1ccc(-n2ccc3ccccc32)cc1. The molecule has 0 radical (unpaired) electrons. The van der Waals surface area contributed by atoms with Crippen LogP contribution in [-0.2, 0) is 4.79 Å². The van der Waals surface area contributed by atoms with Gasteiger partial charge in [0.15, 0.2) is 5.78 Å². The number of urea groups is 1. The van der Waals surface area contributed by atoms with Crippen LogP contribution in [0.3, 0.4) is 0 Å². The monoisotopic (exact) mass is 437 g/mol. The molecule has 0 bridgehead atoms. The number of imide groups is 1. The van der Waals surface area contributed by atoms with Gasteiger partial charge in [-0.05, 0) is 54.6 Å². The Balaban J connectivity index is 1.31. The Morgan fingerprint density at radius 1 is 0.938 bits per heavy atom. The van der Waals surface area contributed by atoms with Crippen LogP contribution >= 0.6 is 0 Å². The third kappa shape index (κ3) is 3.36. The van der Waals surface area contributed by atoms with Gasteiger partial charge in [-0.15, -0.1) is 0 Å². The number of nitrogens with one attached hydrogen (secondary N) is 1. The summed E-state index contributed by atoms with van der Waals surface area (Å²) in [5, 5.41) is 3.65. The molecule has 8 heteroatoms. The number of aromatic nitrogens is 1. The normalized spacial score (nSPS) is 19.5. The van der Waals surface area contributed by atoms with E-state index < -0.39 is 48.6 Å². The molecule has 1 spiro atoms. The van der Waals surface area contributed by atoms with Gasteiger partial charge in [0, 0.05) is 30.3 Å². The molecular formula is C24H21F2N3O3. The molecule has 3 aromatic rings. The Labute approximate surface area is 182 Å². The maximum Gasteiger partial charge on any atom is 0.325 e. The van der Waals surface area contributed by atoms with Crippen LogP contribution in [0.5, 0.6) is 0 Å². The average molecular weight is 437 g/mol. The van der Waals surface area contributed by atoms with Gasteiger partial charge in [-0.25, -0.2) is 13.6 Å². The number of halogens is 2. The van der Waals surface area contributed by atoms with Crippen LogP contribution in [0.15, 0.2) is 60.8 Å². The van der Waals surface area contributed by atoms with Crippen molar-refractivity contribution in [1.82, 2.24) is 14.8 Å². The van der Waals surface area contributed by atoms with Gasteiger partial charge in [-0.1, -0.05) is 18.2 Å². The summed E-state index contributed by atoms with van der Waals surface area (Å²) in [6.45, 7) is -0.422. The molecule has 2 aliphatic rings. The van der Waals surface area contributed by atoms with Crippen LogP contribution < -0.4 is 5.32 Å². The minimum atomic E-state index is -2.83. The maximum atomic E-state index is 13.5. The zero-order valence-corrected chi connectivity index (χ0v) is 17.2. The minimum absolute atomic E-state index is 0.130. The first-order chi connectivity index (χ1) is 15.3. The van der Waals surface area contributed by atoms with Crippen LogP contribution in [-0.4, -0.2) is 45.2 Å². The van der Waals surface area contributed by atoms with E-state index in [9.17, 15) is 23.2 Å². The summed E-state index contributed by atoms with van der Waals surface area (Å²) in [6, 6.07) is 16.1. The van der Waals surface area contributed by atoms with E-state index >= 15 is 0 Å². The third-order valence-corrected chi connectivity index (χ3v) is 6.45. The van der Waals surface area contributed by atoms with Gasteiger partial charge in [0.05, 0.1) is 12.1 Å². The average Bonchev–Trinajstić information content (AvgIpc) is 3.31. The first-order valence-electron chi connectivity index (χ1n) is 10.5. The summed E-state index contributed by atoms with van der Waals surface area (Å²) in [5.74, 6) is -3.82. The Kier molecular flexibility index (Phi) is 4.62. The van der Waals surface area contributed by atoms with Crippen molar-refractivity contribution >= 4 is 28.6 Å². The van der Waals surface area contributed by atoms with Crippen LogP contribution in [0.1, 0.15) is 36.0 Å². The highest BCUT2D eigenvalue weighted by molar-refractivity contribution is 6.11. The quantitative estimate of drug-likeness (QED) is 0.488. The first-order valence-corrected chi connectivity index (χ1v) is 10.5. The topological polar surface area (TPSA) is 71.4 Å². The Morgan fingerprint density at radius 2 is 1.62 bits per heavy atom. The molecule has 2 aromatic carbocycles. The number of para-hydroxylation sites is 1. The van der Waals surface area contributed by atoms with Crippen molar-refractivity contribution in [2.24, 2.45) is 0 Å². The number of fused-ring (bicyclic) bond motifs is 1. The van der Waals surface area contributed by atoms with Crippen molar-refractivity contribution in [3.05, 3.63) is 66.4 Å². The molecule has 1 saturated heterocycles. The number of carbonyl (C=O) groups is 3. The highest BCUT2D eigenvalue weighted by Gasteiger charge is 2.55. The molecule has 1 aliphatic heterocycles. The fourth-order valence-corrected chi connectivity index (χ4v) is 4.55. The van der Waals surface area contributed by atoms with E-state index in [1.165, 1.54) is 0 Å². The predicted octanol–water partition coefficient (Wildman–Crippen LogP) is 4.31. The molecule has 32 heavy (non-hydrogen) atoms. The fourth-order valence-electron chi connectivity index (χ4n) is 4.55. The summed E-state index contributed by atoms with van der Waals surface area (Å²) in [4.78, 5) is 38.8. The first kappa shape index (κ1) is 20.4. The lowest BCUT2D eigenvalue weighted by Gasteiger charge is -2.34. The van der Waals surface area contributed by atoms with Crippen molar-refractivity contribution < 1.29 is 23.2 Å². The summed E-state index contributed by atoms with van der Waals surface area (Å²) >= 11 is 0. The van der Waals surface area contributed by atoms with Crippen LogP contribution in [0.25, 0.3) is 16.6 Å². The third-order valence-electron chi connectivity index (χ3n) is 6.45. The molecule has 0 atom stereocenters. The smallest absolute Gasteiger partial charge is 0.323 e. The summed E-state index contributed by atoms with van der Waals surface area (Å²) in [5.41, 5.74) is 0.953. The second kappa shape index (κ2) is 7.25. The Morgan fingerprint density at radius 3 is 2.34 bits per heavy atom. The fraction of sp³-hybridized carbons (Fsp3) is 0.292. The number of Topliss-reactive ketones (excluding diaryl/α,β-unsaturated/α-hetero) is 1. The molecule has 2 heterocycles. The number of ketones is 1. The lowest BCUT2D eigenvalue weighted by molar-refractivity contribution is -0.135. The second-order valence-electron chi connectivity index (χ2n) is 8.47. The van der Waals surface area contributed by atoms with Crippen molar-refractivity contribution in [3.8, 4) is 5.69 Å². The molecule has 1 saturated carbocycles. The maximum absolute atomic E-state index is 13.5. The molecule has 2 fully saturated rings. The molecule has 0 unspecified atom stereocenters. The predicted molar refractivity (Wildman–Crippen MR) is 114 cm³/mol. The number of rotatable bonds is 4. The largest absolute Gasteiger partial charge is 0.325 e. The molecule has 164 valence electrons. The van der Waals surface area contributed by atoms with Crippen LogP contribution in [0.2, 0.25) is 0 Å². The number of carbonyl (C=O) groups excluding carboxylic acids is 3. The van der Waals surface area contributed by atoms with E-state index in [1.54, 1.807) is 24.3 Å². The minimum Gasteiger partial charge on any atom is -0.323 e. The number of benzene rings is 2. The highest BCUT2D eigenvalue weighted by Crippen LogP contribution is 2.41. The van der Waals surface area contributed by atoms with E-state index in [1.807, 2.05) is 41.1 Å². The van der Waals surface area contributed by atoms with Crippen molar-refractivity contribution in [3.63, 3.8) is 0 Å². The van der Waals surface area contributed by atoms with Gasteiger partial charge in [0.2, 0.25) is 5.92 Å². The van der Waals surface area contributed by atoms with E-state index in [-0.39, 0.29) is 12.8 Å². The second-order valence-corrected chi connectivity index (χ2v) is 8.47. The van der Waals surface area contributed by atoms with E-state index in [0.717, 1.165) is 21.5 Å². The highest BCUT2D eigenvalue weighted by atomic mass is 19.3. The summed E-state index contributed by atoms with van der Waals surface area (Å²) in [6.07, 6.45) is 0.762. The number of hydrogen-bond acceptors (Lipinski definition) is 3. The van der Waals surface area contributed by atoms with E-state index in [2.05, 4.69) is 5.32 Å². The molecule has 3 amide bonds. The molecule has 5 rings (SSSR count). The van der Waals surface area contributed by atoms with Gasteiger partial charge >= 0.3 is 6.03 Å². The molecular weight excluding hydrogens is 416 g/mol. The Hall–Kier alpha value is -3.55. The lowest BCUT2D eigenvalue weighted by Crippen LogP contribution is -2.51. The molecule has 1 aliphatic carbocycles. The summed E-state index contributed by atoms with van der Waals surface area (Å²) in [7, 11) is 0. The van der Waals surface area contributed by atoms with Crippen molar-refractivity contribution in [1.29, 1.82) is 0 Å². The number of amides is 3. The standard InChI is InChI=1S/C24H21F2N3O3/c25-24(26)12-10-23(11-13-24)21(31)29(22(32)27-23)15-20(30)17-5-7-18(8-6-17)28-14-9-16-3-1-2-4-19(16)28/h1-9,14H,10-13,15H2,(H,27,32). The lowest BCUT2D eigenvalue weighted by atomic mass is 9.80.